The highest BCUT2D eigenvalue weighted by molar-refractivity contribution is 6.42. The smallest absolute Gasteiger partial charge is 0.197 e. The maximum Gasteiger partial charge on any atom is 0.197 e. The normalized spacial score (nSPS) is 19.4. The lowest BCUT2D eigenvalue weighted by Crippen LogP contribution is -2.44. The first-order chi connectivity index (χ1) is 31.8. The van der Waals surface area contributed by atoms with E-state index >= 15 is 0 Å². The van der Waals surface area contributed by atoms with Crippen LogP contribution in [0.3, 0.4) is 0 Å². The highest BCUT2D eigenvalue weighted by Gasteiger charge is 2.42. The van der Waals surface area contributed by atoms with Crippen LogP contribution in [0, 0.1) is 0 Å². The molecule has 6 aromatic rings. The first kappa shape index (κ1) is 46.6. The third-order valence-electron chi connectivity index (χ3n) is 16.0. The van der Waals surface area contributed by atoms with Crippen molar-refractivity contribution in [3.05, 3.63) is 158 Å². The molecule has 6 aliphatic rings. The molecule has 0 saturated carbocycles. The molecular weight excluding hydrogens is 841 g/mol. The number of nitrogens with zero attached hydrogens (tertiary/aromatic N) is 2. The van der Waals surface area contributed by atoms with E-state index in [4.69, 9.17) is 0 Å². The lowest BCUT2D eigenvalue weighted by molar-refractivity contribution is 0.0919. The fourth-order valence-electron chi connectivity index (χ4n) is 11.4. The molecule has 4 heterocycles. The SMILES string of the molecule is C.CC1(C)CCN2CCC(C)(C)c3cc(C=C4C(=O)c5cc6ccccc6cc5C4=O)cc1c32.CC1(C)CCN2CCC(C)(C)c3cc(C=O)cc1c32.O=C1CC(=O)c2cc3ccccc3cc21. The van der Waals surface area contributed by atoms with E-state index in [0.29, 0.717) is 22.3 Å². The molecule has 7 heteroatoms. The van der Waals surface area contributed by atoms with Gasteiger partial charge < -0.3 is 9.80 Å². The van der Waals surface area contributed by atoms with Crippen molar-refractivity contribution >= 4 is 68.4 Å². The van der Waals surface area contributed by atoms with Crippen molar-refractivity contribution in [3.8, 4) is 0 Å². The van der Waals surface area contributed by atoms with E-state index in [1.54, 1.807) is 0 Å². The minimum atomic E-state index is -0.160. The van der Waals surface area contributed by atoms with Crippen LogP contribution in [0.4, 0.5) is 11.4 Å². The fraction of sp³-hybridized carbons (Fsp3) is 0.361. The molecule has 0 aromatic heterocycles. The van der Waals surface area contributed by atoms with Crippen molar-refractivity contribution in [2.24, 2.45) is 0 Å². The Bertz CT molecular complexity index is 2990. The van der Waals surface area contributed by atoms with Crippen molar-refractivity contribution in [2.75, 3.05) is 36.0 Å². The van der Waals surface area contributed by atoms with E-state index in [1.165, 1.54) is 46.5 Å². The van der Waals surface area contributed by atoms with E-state index in [9.17, 15) is 24.0 Å². The summed E-state index contributed by atoms with van der Waals surface area (Å²) in [5.74, 6) is -0.430. The minimum Gasteiger partial charge on any atom is -0.371 e. The summed E-state index contributed by atoms with van der Waals surface area (Å²) in [5, 5.41) is 4.00. The van der Waals surface area contributed by atoms with Gasteiger partial charge in [0.15, 0.2) is 23.1 Å². The predicted molar refractivity (Wildman–Crippen MR) is 278 cm³/mol. The van der Waals surface area contributed by atoms with Gasteiger partial charge in [-0.1, -0.05) is 111 Å². The zero-order valence-corrected chi connectivity index (χ0v) is 40.2. The Morgan fingerprint density at radius 3 is 1.07 bits per heavy atom. The van der Waals surface area contributed by atoms with Crippen LogP contribution in [-0.2, 0) is 21.7 Å². The Kier molecular flexibility index (Phi) is 11.4. The molecule has 0 bridgehead atoms. The van der Waals surface area contributed by atoms with Crippen LogP contribution in [0.1, 0.15) is 175 Å². The molecule has 7 nitrogen and oxygen atoms in total. The predicted octanol–water partition coefficient (Wildman–Crippen LogP) is 13.4. The minimum absolute atomic E-state index is 0. The van der Waals surface area contributed by atoms with E-state index in [-0.39, 0.29) is 64.2 Å². The van der Waals surface area contributed by atoms with Crippen LogP contribution in [0.25, 0.3) is 27.6 Å². The number of carbonyl (C=O) groups is 5. The molecular formula is C61H64N2O5. The second-order valence-electron chi connectivity index (χ2n) is 22.3. The van der Waals surface area contributed by atoms with Gasteiger partial charge >= 0.3 is 0 Å². The second kappa shape index (κ2) is 16.6. The molecule has 0 radical (unpaired) electrons. The third-order valence-corrected chi connectivity index (χ3v) is 16.0. The number of hydrogen-bond donors (Lipinski definition) is 0. The van der Waals surface area contributed by atoms with Crippen molar-refractivity contribution < 1.29 is 24.0 Å². The van der Waals surface area contributed by atoms with E-state index in [2.05, 4.69) is 89.5 Å². The average Bonchev–Trinajstić information content (AvgIpc) is 3.70. The molecule has 0 saturated heterocycles. The summed E-state index contributed by atoms with van der Waals surface area (Å²) < 4.78 is 0. The van der Waals surface area contributed by atoms with Crippen molar-refractivity contribution in [1.82, 2.24) is 0 Å². The van der Waals surface area contributed by atoms with Gasteiger partial charge in [0.05, 0.1) is 12.0 Å². The van der Waals surface area contributed by atoms with Gasteiger partial charge in [0.1, 0.15) is 6.29 Å². The summed E-state index contributed by atoms with van der Waals surface area (Å²) in [4.78, 5) is 66.0. The van der Waals surface area contributed by atoms with E-state index in [0.717, 1.165) is 78.0 Å². The lowest BCUT2D eigenvalue weighted by atomic mass is 9.69. The maximum absolute atomic E-state index is 13.3. The highest BCUT2D eigenvalue weighted by atomic mass is 16.2. The summed E-state index contributed by atoms with van der Waals surface area (Å²) in [6, 6.07) is 31.7. The fourth-order valence-corrected chi connectivity index (χ4v) is 11.4. The molecule has 0 atom stereocenters. The number of benzene rings is 6. The van der Waals surface area contributed by atoms with Gasteiger partial charge in [0, 0.05) is 65.4 Å². The number of fused-ring (bicyclic) bond motifs is 4. The Balaban J connectivity index is 0.000000139. The average molecular weight is 905 g/mol. The van der Waals surface area contributed by atoms with Crippen LogP contribution in [-0.4, -0.2) is 55.6 Å². The van der Waals surface area contributed by atoms with E-state index < -0.39 is 0 Å². The molecule has 0 N–H and O–H groups in total. The van der Waals surface area contributed by atoms with Crippen molar-refractivity contribution in [1.29, 1.82) is 0 Å². The first-order valence-electron chi connectivity index (χ1n) is 24.0. The molecule has 348 valence electrons. The summed E-state index contributed by atoms with van der Waals surface area (Å²) in [7, 11) is 0. The summed E-state index contributed by atoms with van der Waals surface area (Å²) in [6.07, 6.45) is 7.42. The summed E-state index contributed by atoms with van der Waals surface area (Å²) >= 11 is 0. The molecule has 2 aliphatic carbocycles. The monoisotopic (exact) mass is 904 g/mol. The van der Waals surface area contributed by atoms with Gasteiger partial charge in [-0.2, -0.15) is 0 Å². The zero-order valence-electron chi connectivity index (χ0n) is 40.2. The van der Waals surface area contributed by atoms with Gasteiger partial charge in [-0.3, -0.25) is 24.0 Å². The lowest BCUT2D eigenvalue weighted by Gasteiger charge is -2.48. The molecule has 0 amide bonds. The number of aldehydes is 1. The Hall–Kier alpha value is -6.47. The number of ketones is 4. The number of anilines is 2. The number of carbonyl (C=O) groups excluding carboxylic acids is 5. The van der Waals surface area contributed by atoms with Crippen LogP contribution >= 0.6 is 0 Å². The Morgan fingerprint density at radius 2 is 0.750 bits per heavy atom. The highest BCUT2D eigenvalue weighted by Crippen LogP contribution is 2.51. The molecule has 0 unspecified atom stereocenters. The zero-order chi connectivity index (χ0) is 47.4. The van der Waals surface area contributed by atoms with Gasteiger partial charge in [0.25, 0.3) is 0 Å². The maximum atomic E-state index is 13.3. The standard InChI is InChI=1S/C30H29NO2.C17H23NO.C13H8O2.CH4/c1-29(2)9-11-31-12-10-30(3,4)25-15-18(14-24(29)26(25)31)13-23-27(32)21-16-19-7-5-6-8-20(19)17-22(21)28(23)33;1-16(2)5-7-18-8-6-17(3,4)14-10-12(11-19)9-13(16)15(14)18;14-12-7-13(15)11-6-9-4-2-1-3-8(9)5-10(11)12;/h5-8,13-17H,9-12H2,1-4H3;9-11H,5-8H2,1-4H3;1-6H,7H2;1H4. The first-order valence-corrected chi connectivity index (χ1v) is 24.0. The molecule has 0 fully saturated rings. The number of Topliss-reactive ketones (excluding diaryl/α,β-unsaturated/α-hetero) is 4. The number of rotatable bonds is 2. The van der Waals surface area contributed by atoms with Crippen LogP contribution < -0.4 is 9.80 Å². The van der Waals surface area contributed by atoms with Gasteiger partial charge in [-0.05, 0) is 151 Å². The second-order valence-corrected chi connectivity index (χ2v) is 22.3. The molecule has 12 rings (SSSR count). The molecule has 0 spiro atoms. The van der Waals surface area contributed by atoms with E-state index in [1.807, 2.05) is 78.9 Å². The van der Waals surface area contributed by atoms with Crippen LogP contribution in [0.5, 0.6) is 0 Å². The third kappa shape index (κ3) is 7.82. The van der Waals surface area contributed by atoms with Gasteiger partial charge in [-0.25, -0.2) is 0 Å². The Morgan fingerprint density at radius 1 is 0.441 bits per heavy atom. The largest absolute Gasteiger partial charge is 0.371 e. The number of hydrogen-bond acceptors (Lipinski definition) is 7. The Labute approximate surface area is 401 Å². The van der Waals surface area contributed by atoms with Gasteiger partial charge in [-0.15, -0.1) is 0 Å². The molecule has 4 aliphatic heterocycles. The van der Waals surface area contributed by atoms with Crippen LogP contribution in [0.15, 0.2) is 103 Å². The quantitative estimate of drug-likeness (QED) is 0.0739. The summed E-state index contributed by atoms with van der Waals surface area (Å²) in [6.45, 7) is 22.9. The summed E-state index contributed by atoms with van der Waals surface area (Å²) in [5.41, 5.74) is 13.0. The molecule has 6 aromatic carbocycles. The number of allylic oxidation sites excluding steroid dienone is 1. The molecule has 68 heavy (non-hydrogen) atoms. The topological polar surface area (TPSA) is 91.8 Å². The van der Waals surface area contributed by atoms with Crippen molar-refractivity contribution in [3.63, 3.8) is 0 Å². The van der Waals surface area contributed by atoms with Crippen LogP contribution in [0.2, 0.25) is 0 Å². The van der Waals surface area contributed by atoms with Gasteiger partial charge in [0.2, 0.25) is 0 Å². The van der Waals surface area contributed by atoms with Crippen molar-refractivity contribution in [2.45, 2.75) is 117 Å².